The average molecular weight is 398 g/mol. The van der Waals surface area contributed by atoms with Gasteiger partial charge in [0.15, 0.2) is 17.4 Å². The van der Waals surface area contributed by atoms with Crippen molar-refractivity contribution in [2.75, 3.05) is 13.1 Å². The Kier molecular flexibility index (Phi) is 7.61. The minimum Gasteiger partial charge on any atom is -0.359 e. The first-order valence-electron chi connectivity index (χ1n) is 10.5. The number of aromatic nitrogens is 4. The number of hydrogen-bond donors (Lipinski definition) is 2. The molecule has 0 bridgehead atoms. The lowest BCUT2D eigenvalue weighted by Gasteiger charge is -2.10. The fraction of sp³-hybridized carbons (Fsp3) is 0.524. The minimum atomic E-state index is 0.455. The lowest BCUT2D eigenvalue weighted by Crippen LogP contribution is -2.37. The van der Waals surface area contributed by atoms with Crippen molar-refractivity contribution in [1.29, 1.82) is 0 Å². The summed E-state index contributed by atoms with van der Waals surface area (Å²) < 4.78 is 7.49. The van der Waals surface area contributed by atoms with Crippen molar-refractivity contribution in [3.8, 4) is 0 Å². The molecule has 3 heterocycles. The quantitative estimate of drug-likeness (QED) is 0.310. The molecule has 0 aromatic carbocycles. The number of nitrogens with one attached hydrogen (secondary N) is 2. The van der Waals surface area contributed by atoms with Crippen LogP contribution < -0.4 is 10.6 Å². The molecular weight excluding hydrogens is 366 g/mol. The number of rotatable bonds is 10. The lowest BCUT2D eigenvalue weighted by atomic mass is 9.99. The highest BCUT2D eigenvalue weighted by atomic mass is 16.5. The van der Waals surface area contributed by atoms with Gasteiger partial charge in [-0.15, -0.1) is 10.2 Å². The zero-order valence-corrected chi connectivity index (χ0v) is 17.6. The zero-order chi connectivity index (χ0) is 20.5. The predicted molar refractivity (Wildman–Crippen MR) is 114 cm³/mol. The predicted octanol–water partition coefficient (Wildman–Crippen LogP) is 3.31. The Bertz CT molecular complexity index is 911. The Labute approximate surface area is 171 Å². The van der Waals surface area contributed by atoms with Crippen LogP contribution in [0.1, 0.15) is 63.2 Å². The summed E-state index contributed by atoms with van der Waals surface area (Å²) in [6, 6.07) is 7.95. The normalized spacial score (nSPS) is 12.1. The molecule has 0 amide bonds. The second-order valence-electron chi connectivity index (χ2n) is 7.00. The molecule has 0 fully saturated rings. The molecule has 29 heavy (non-hydrogen) atoms. The van der Waals surface area contributed by atoms with E-state index < -0.39 is 0 Å². The van der Waals surface area contributed by atoms with Gasteiger partial charge in [0.25, 0.3) is 0 Å². The van der Waals surface area contributed by atoms with E-state index in [4.69, 9.17) is 4.52 Å². The number of hydrogen-bond acceptors (Lipinski definition) is 5. The van der Waals surface area contributed by atoms with E-state index >= 15 is 0 Å². The van der Waals surface area contributed by atoms with Crippen LogP contribution in [0.2, 0.25) is 0 Å². The van der Waals surface area contributed by atoms with E-state index in [-0.39, 0.29) is 0 Å². The van der Waals surface area contributed by atoms with Gasteiger partial charge in [-0.3, -0.25) is 4.40 Å². The molecule has 2 N–H and O–H groups in total. The van der Waals surface area contributed by atoms with E-state index in [2.05, 4.69) is 51.8 Å². The molecule has 8 heteroatoms. The maximum Gasteiger partial charge on any atom is 0.191 e. The summed E-state index contributed by atoms with van der Waals surface area (Å²) >= 11 is 0. The van der Waals surface area contributed by atoms with Gasteiger partial charge in [-0.2, -0.15) is 0 Å². The van der Waals surface area contributed by atoms with Gasteiger partial charge in [0, 0.05) is 37.7 Å². The third kappa shape index (κ3) is 5.56. The van der Waals surface area contributed by atoms with E-state index in [0.29, 0.717) is 12.5 Å². The molecule has 0 aliphatic rings. The van der Waals surface area contributed by atoms with Gasteiger partial charge in [0.05, 0.1) is 5.69 Å². The SMILES string of the molecule is CCNC(=NCc1cc(C(CC)CC)no1)NCCCc1nnc2ccccn12. The molecule has 0 aliphatic heterocycles. The molecule has 0 radical (unpaired) electrons. The van der Waals surface area contributed by atoms with Crippen molar-refractivity contribution >= 4 is 11.6 Å². The van der Waals surface area contributed by atoms with Gasteiger partial charge >= 0.3 is 0 Å². The smallest absolute Gasteiger partial charge is 0.191 e. The van der Waals surface area contributed by atoms with E-state index in [0.717, 1.165) is 67.7 Å². The second-order valence-corrected chi connectivity index (χ2v) is 7.00. The molecule has 3 aromatic rings. The molecule has 0 saturated heterocycles. The first-order valence-corrected chi connectivity index (χ1v) is 10.5. The van der Waals surface area contributed by atoms with Crippen molar-refractivity contribution in [1.82, 2.24) is 30.4 Å². The fourth-order valence-electron chi connectivity index (χ4n) is 3.32. The molecule has 0 atom stereocenters. The Morgan fingerprint density at radius 1 is 1.17 bits per heavy atom. The van der Waals surface area contributed by atoms with Crippen molar-refractivity contribution in [2.45, 2.75) is 58.9 Å². The van der Waals surface area contributed by atoms with E-state index in [9.17, 15) is 0 Å². The Morgan fingerprint density at radius 3 is 2.83 bits per heavy atom. The van der Waals surface area contributed by atoms with Crippen LogP contribution in [-0.2, 0) is 13.0 Å². The van der Waals surface area contributed by atoms with Crippen LogP contribution in [-0.4, -0.2) is 38.8 Å². The molecule has 0 aliphatic carbocycles. The van der Waals surface area contributed by atoms with E-state index in [1.807, 2.05) is 34.9 Å². The summed E-state index contributed by atoms with van der Waals surface area (Å²) in [5.41, 5.74) is 1.91. The first-order chi connectivity index (χ1) is 14.2. The van der Waals surface area contributed by atoms with Crippen LogP contribution in [0.5, 0.6) is 0 Å². The topological polar surface area (TPSA) is 92.6 Å². The molecule has 3 aromatic heterocycles. The second kappa shape index (κ2) is 10.6. The van der Waals surface area contributed by atoms with E-state index in [1.54, 1.807) is 0 Å². The van der Waals surface area contributed by atoms with Gasteiger partial charge in [0.1, 0.15) is 12.4 Å². The zero-order valence-electron chi connectivity index (χ0n) is 17.6. The van der Waals surface area contributed by atoms with Gasteiger partial charge in [-0.1, -0.05) is 25.1 Å². The van der Waals surface area contributed by atoms with E-state index in [1.165, 1.54) is 0 Å². The van der Waals surface area contributed by atoms with Crippen molar-refractivity contribution in [2.24, 2.45) is 4.99 Å². The number of guanidine groups is 1. The lowest BCUT2D eigenvalue weighted by molar-refractivity contribution is 0.372. The Morgan fingerprint density at radius 2 is 2.03 bits per heavy atom. The molecule has 3 rings (SSSR count). The summed E-state index contributed by atoms with van der Waals surface area (Å²) in [5.74, 6) is 2.99. The molecule has 8 nitrogen and oxygen atoms in total. The highest BCUT2D eigenvalue weighted by Crippen LogP contribution is 2.22. The third-order valence-electron chi connectivity index (χ3n) is 4.97. The summed E-state index contributed by atoms with van der Waals surface area (Å²) in [5, 5.41) is 19.3. The number of aliphatic imine (C=N–C) groups is 1. The molecule has 0 spiro atoms. The average Bonchev–Trinajstić information content (AvgIpc) is 3.38. The van der Waals surface area contributed by atoms with Crippen molar-refractivity contribution in [3.05, 3.63) is 47.7 Å². The highest BCUT2D eigenvalue weighted by Gasteiger charge is 2.13. The molecule has 156 valence electrons. The number of pyridine rings is 1. The molecule has 0 unspecified atom stereocenters. The number of nitrogens with zero attached hydrogens (tertiary/aromatic N) is 5. The maximum absolute atomic E-state index is 5.46. The van der Waals surface area contributed by atoms with Gasteiger partial charge in [0.2, 0.25) is 0 Å². The van der Waals surface area contributed by atoms with Crippen LogP contribution in [0.4, 0.5) is 0 Å². The Hall–Kier alpha value is -2.90. The number of aryl methyl sites for hydroxylation is 1. The molecular formula is C21H31N7O. The summed E-state index contributed by atoms with van der Waals surface area (Å²) in [6.45, 7) is 8.47. The van der Waals surface area contributed by atoms with Gasteiger partial charge < -0.3 is 15.2 Å². The monoisotopic (exact) mass is 397 g/mol. The maximum atomic E-state index is 5.46. The van der Waals surface area contributed by atoms with Crippen LogP contribution >= 0.6 is 0 Å². The van der Waals surface area contributed by atoms with Gasteiger partial charge in [-0.25, -0.2) is 4.99 Å². The fourth-order valence-corrected chi connectivity index (χ4v) is 3.32. The van der Waals surface area contributed by atoms with Gasteiger partial charge in [-0.05, 0) is 38.3 Å². The number of fused-ring (bicyclic) bond motifs is 1. The third-order valence-corrected chi connectivity index (χ3v) is 4.97. The first kappa shape index (κ1) is 20.8. The van der Waals surface area contributed by atoms with Crippen LogP contribution in [0.15, 0.2) is 40.0 Å². The standard InChI is InChI=1S/C21H31N7O/c1-4-16(5-2)18-14-17(29-27-18)15-24-21(22-6-3)23-12-9-11-20-26-25-19-10-7-8-13-28(19)20/h7-8,10,13-14,16H,4-6,9,11-12,15H2,1-3H3,(H2,22,23,24). The summed E-state index contributed by atoms with van der Waals surface area (Å²) in [4.78, 5) is 4.62. The van der Waals surface area contributed by atoms with Crippen LogP contribution in [0.3, 0.4) is 0 Å². The van der Waals surface area contributed by atoms with Crippen LogP contribution in [0.25, 0.3) is 5.65 Å². The van der Waals surface area contributed by atoms with Crippen molar-refractivity contribution < 1.29 is 4.52 Å². The summed E-state index contributed by atoms with van der Waals surface area (Å²) in [7, 11) is 0. The minimum absolute atomic E-state index is 0.455. The Balaban J connectivity index is 1.50. The van der Waals surface area contributed by atoms with Crippen molar-refractivity contribution in [3.63, 3.8) is 0 Å². The molecule has 0 saturated carbocycles. The largest absolute Gasteiger partial charge is 0.359 e. The summed E-state index contributed by atoms with van der Waals surface area (Å²) in [6.07, 6.45) is 5.91. The van der Waals surface area contributed by atoms with Crippen LogP contribution in [0, 0.1) is 0 Å². The highest BCUT2D eigenvalue weighted by molar-refractivity contribution is 5.79.